The summed E-state index contributed by atoms with van der Waals surface area (Å²) in [6.07, 6.45) is 1.63. The molecule has 0 aliphatic rings. The Labute approximate surface area is 188 Å². The van der Waals surface area contributed by atoms with Gasteiger partial charge in [-0.2, -0.15) is 0 Å². The van der Waals surface area contributed by atoms with E-state index in [4.69, 9.17) is 0 Å². The van der Waals surface area contributed by atoms with E-state index in [-0.39, 0.29) is 17.1 Å². The van der Waals surface area contributed by atoms with E-state index in [9.17, 15) is 14.4 Å². The summed E-state index contributed by atoms with van der Waals surface area (Å²) in [6.45, 7) is 10.9. The quantitative estimate of drug-likeness (QED) is 0.262. The van der Waals surface area contributed by atoms with E-state index >= 15 is 0 Å². The van der Waals surface area contributed by atoms with Crippen molar-refractivity contribution in [3.05, 3.63) is 69.8 Å². The fourth-order valence-corrected chi connectivity index (χ4v) is 4.96. The van der Waals surface area contributed by atoms with Crippen molar-refractivity contribution in [3.63, 3.8) is 0 Å². The lowest BCUT2D eigenvalue weighted by atomic mass is 10.0. The highest BCUT2D eigenvalue weighted by atomic mass is 32.2. The summed E-state index contributed by atoms with van der Waals surface area (Å²) < 4.78 is 3.30. The molecule has 9 heteroatoms. The number of ketones is 2. The van der Waals surface area contributed by atoms with Gasteiger partial charge in [-0.25, -0.2) is 0 Å². The van der Waals surface area contributed by atoms with Crippen molar-refractivity contribution < 1.29 is 9.59 Å². The van der Waals surface area contributed by atoms with Crippen LogP contribution in [0, 0.1) is 13.8 Å². The number of benzene rings is 1. The zero-order valence-corrected chi connectivity index (χ0v) is 19.1. The van der Waals surface area contributed by atoms with Gasteiger partial charge in [-0.15, -0.1) is 16.8 Å². The number of Topliss-reactive ketones (excluding diaryl/α,β-unsaturated/α-hetero) is 2. The maximum absolute atomic E-state index is 13.2. The van der Waals surface area contributed by atoms with Crippen molar-refractivity contribution in [1.29, 1.82) is 0 Å². The van der Waals surface area contributed by atoms with Crippen LogP contribution in [0.5, 0.6) is 0 Å². The zero-order valence-electron chi connectivity index (χ0n) is 18.3. The smallest absolute Gasteiger partial charge is 0.263 e. The van der Waals surface area contributed by atoms with Gasteiger partial charge in [0.1, 0.15) is 0 Å². The first-order valence-corrected chi connectivity index (χ1v) is 11.0. The van der Waals surface area contributed by atoms with Gasteiger partial charge in [-0.3, -0.25) is 23.4 Å². The van der Waals surface area contributed by atoms with Crippen LogP contribution in [0.3, 0.4) is 0 Å². The number of thioether (sulfide) groups is 1. The number of H-pyrrole nitrogens is 1. The van der Waals surface area contributed by atoms with Crippen LogP contribution >= 0.6 is 11.8 Å². The summed E-state index contributed by atoms with van der Waals surface area (Å²) in [4.78, 5) is 41.2. The molecule has 1 aromatic carbocycles. The molecule has 4 aromatic rings. The first kappa shape index (κ1) is 21.8. The number of para-hydroxylation sites is 1. The molecule has 8 nitrogen and oxygen atoms in total. The fourth-order valence-electron chi connectivity index (χ4n) is 4.04. The average Bonchev–Trinajstić information content (AvgIpc) is 3.30. The van der Waals surface area contributed by atoms with E-state index in [1.807, 2.05) is 12.1 Å². The lowest BCUT2D eigenvalue weighted by Gasteiger charge is -2.12. The van der Waals surface area contributed by atoms with Gasteiger partial charge in [0, 0.05) is 17.8 Å². The largest absolute Gasteiger partial charge is 0.355 e. The van der Waals surface area contributed by atoms with Gasteiger partial charge < -0.3 is 4.98 Å². The number of allylic oxidation sites excluding steroid dienone is 1. The summed E-state index contributed by atoms with van der Waals surface area (Å²) >= 11 is 1.26. The number of aryl methyl sites for hydroxylation is 1. The van der Waals surface area contributed by atoms with Crippen molar-refractivity contribution in [2.45, 2.75) is 44.6 Å². The van der Waals surface area contributed by atoms with E-state index in [1.165, 1.54) is 23.3 Å². The number of carbonyl (C=O) groups excluding carboxylic acids is 2. The van der Waals surface area contributed by atoms with Gasteiger partial charge in [-0.05, 0) is 45.4 Å². The second-order valence-electron chi connectivity index (χ2n) is 7.65. The van der Waals surface area contributed by atoms with Gasteiger partial charge in [0.05, 0.1) is 21.8 Å². The van der Waals surface area contributed by atoms with Crippen LogP contribution < -0.4 is 5.56 Å². The lowest BCUT2D eigenvalue weighted by Crippen LogP contribution is -2.23. The molecule has 4 rings (SSSR count). The zero-order chi connectivity index (χ0) is 23.2. The summed E-state index contributed by atoms with van der Waals surface area (Å²) in [5.74, 6) is 0.177. The highest BCUT2D eigenvalue weighted by Gasteiger charge is 2.26. The number of fused-ring (bicyclic) bond motifs is 3. The molecule has 1 unspecified atom stereocenters. The van der Waals surface area contributed by atoms with Crippen LogP contribution in [-0.4, -0.2) is 41.0 Å². The Morgan fingerprint density at radius 1 is 1.25 bits per heavy atom. The maximum atomic E-state index is 13.2. The van der Waals surface area contributed by atoms with E-state index in [0.717, 1.165) is 0 Å². The first-order valence-electron chi connectivity index (χ1n) is 10.1. The van der Waals surface area contributed by atoms with Gasteiger partial charge in [-0.1, -0.05) is 30.0 Å². The number of aromatic nitrogens is 5. The molecule has 164 valence electrons. The van der Waals surface area contributed by atoms with Crippen LogP contribution in [0.4, 0.5) is 0 Å². The second kappa shape index (κ2) is 8.23. The van der Waals surface area contributed by atoms with Gasteiger partial charge in [0.2, 0.25) is 5.78 Å². The Bertz CT molecular complexity index is 1460. The summed E-state index contributed by atoms with van der Waals surface area (Å²) in [7, 11) is 0. The second-order valence-corrected chi connectivity index (χ2v) is 8.95. The molecular formula is C23H23N5O3S. The predicted molar refractivity (Wildman–Crippen MR) is 125 cm³/mol. The number of hydrogen-bond acceptors (Lipinski definition) is 6. The number of hydrogen-bond donors (Lipinski definition) is 1. The van der Waals surface area contributed by atoms with Crippen molar-refractivity contribution >= 4 is 40.0 Å². The van der Waals surface area contributed by atoms with Crippen LogP contribution in [0.1, 0.15) is 46.0 Å². The van der Waals surface area contributed by atoms with E-state index in [2.05, 4.69) is 21.8 Å². The van der Waals surface area contributed by atoms with Crippen LogP contribution in [0.25, 0.3) is 16.7 Å². The number of nitrogens with one attached hydrogen (secondary N) is 1. The molecule has 3 aromatic heterocycles. The average molecular weight is 450 g/mol. The van der Waals surface area contributed by atoms with E-state index in [1.54, 1.807) is 43.4 Å². The van der Waals surface area contributed by atoms with E-state index < -0.39 is 5.25 Å². The van der Waals surface area contributed by atoms with Gasteiger partial charge >= 0.3 is 0 Å². The first-order chi connectivity index (χ1) is 15.3. The molecule has 3 heterocycles. The molecule has 0 saturated heterocycles. The van der Waals surface area contributed by atoms with Gasteiger partial charge in [0.15, 0.2) is 16.7 Å². The maximum Gasteiger partial charge on any atom is 0.263 e. The topological polar surface area (TPSA) is 102 Å². The van der Waals surface area contributed by atoms with Crippen LogP contribution in [-0.2, 0) is 6.54 Å². The molecule has 0 saturated carbocycles. The number of carbonyl (C=O) groups is 2. The Morgan fingerprint density at radius 3 is 2.62 bits per heavy atom. The van der Waals surface area contributed by atoms with E-state index in [0.29, 0.717) is 50.9 Å². The molecule has 0 spiro atoms. The monoisotopic (exact) mass is 449 g/mol. The van der Waals surface area contributed by atoms with Crippen molar-refractivity contribution in [2.24, 2.45) is 0 Å². The molecule has 32 heavy (non-hydrogen) atoms. The Balaban J connectivity index is 1.79. The third-order valence-electron chi connectivity index (χ3n) is 5.48. The number of rotatable bonds is 7. The third-order valence-corrected chi connectivity index (χ3v) is 6.52. The summed E-state index contributed by atoms with van der Waals surface area (Å²) in [5.41, 5.74) is 2.82. The molecule has 1 atom stereocenters. The van der Waals surface area contributed by atoms with Crippen molar-refractivity contribution in [3.8, 4) is 0 Å². The van der Waals surface area contributed by atoms with Crippen molar-refractivity contribution in [2.75, 3.05) is 0 Å². The molecule has 0 aliphatic carbocycles. The third kappa shape index (κ3) is 3.38. The van der Waals surface area contributed by atoms with Gasteiger partial charge in [0.25, 0.3) is 5.56 Å². The minimum atomic E-state index is -0.502. The molecule has 0 radical (unpaired) electrons. The number of aromatic amines is 1. The Kier molecular flexibility index (Phi) is 5.60. The van der Waals surface area contributed by atoms with Crippen molar-refractivity contribution in [1.82, 2.24) is 24.1 Å². The molecule has 0 aliphatic heterocycles. The molecule has 0 bridgehead atoms. The standard InChI is InChI=1S/C23H23N5O3S/c1-6-11-27-21(31)16-9-7-8-10-17(16)28-22(27)25-26-23(28)32-15(5)20(30)19-12(2)18(14(4)29)13(3)24-19/h6-10,15,24H,1,11H2,2-5H3. The molecule has 0 amide bonds. The minimum Gasteiger partial charge on any atom is -0.355 e. The summed E-state index contributed by atoms with van der Waals surface area (Å²) in [5, 5.41) is 9.05. The molecular weight excluding hydrogens is 426 g/mol. The van der Waals surface area contributed by atoms with Crippen LogP contribution in [0.15, 0.2) is 46.9 Å². The summed E-state index contributed by atoms with van der Waals surface area (Å²) in [6, 6.07) is 7.24. The highest BCUT2D eigenvalue weighted by Crippen LogP contribution is 2.29. The Hall–Kier alpha value is -3.46. The van der Waals surface area contributed by atoms with Crippen LogP contribution in [0.2, 0.25) is 0 Å². The normalized spacial score (nSPS) is 12.4. The molecule has 0 fully saturated rings. The Morgan fingerprint density at radius 2 is 1.97 bits per heavy atom. The lowest BCUT2D eigenvalue weighted by molar-refractivity contribution is 0.0988. The minimum absolute atomic E-state index is 0.0780. The molecule has 1 N–H and O–H groups in total. The predicted octanol–water partition coefficient (Wildman–Crippen LogP) is 3.74. The fraction of sp³-hybridized carbons (Fsp3) is 0.261. The SMILES string of the molecule is C=CCn1c(=O)c2ccccc2n2c(SC(C)C(=O)c3[nH]c(C)c(C(C)=O)c3C)nnc12. The highest BCUT2D eigenvalue weighted by molar-refractivity contribution is 8.00. The number of nitrogens with zero attached hydrogens (tertiary/aromatic N) is 4.